The topological polar surface area (TPSA) is 50.4 Å². The number of hydrogen-bond donors (Lipinski definition) is 2. The molecule has 122 valence electrons. The Morgan fingerprint density at radius 3 is 2.55 bits per heavy atom. The molecule has 1 amide bonds. The van der Waals surface area contributed by atoms with E-state index in [-0.39, 0.29) is 0 Å². The van der Waals surface area contributed by atoms with Gasteiger partial charge in [-0.1, -0.05) is 41.4 Å². The highest BCUT2D eigenvalue weighted by Crippen LogP contribution is 2.20. The molecule has 0 fully saturated rings. The second kappa shape index (κ2) is 9.03. The molecule has 1 aromatic rings. The van der Waals surface area contributed by atoms with E-state index in [1.807, 2.05) is 45.1 Å². The van der Waals surface area contributed by atoms with Crippen LogP contribution in [0.5, 0.6) is 0 Å². The molecule has 4 nitrogen and oxygen atoms in total. The van der Waals surface area contributed by atoms with Crippen molar-refractivity contribution in [3.63, 3.8) is 0 Å². The maximum Gasteiger partial charge on any atom is 0.407 e. The van der Waals surface area contributed by atoms with Crippen LogP contribution in [-0.4, -0.2) is 24.8 Å². The summed E-state index contributed by atoms with van der Waals surface area (Å²) in [6.45, 7) is 7.24. The predicted molar refractivity (Wildman–Crippen MR) is 91.5 cm³/mol. The molecule has 0 heterocycles. The molecule has 0 bridgehead atoms. The SMILES string of the molecule is CC(C)(C)OC(=O)NC/C=C/CNCc1ccc(Cl)cc1Cl. The molecular formula is C16H22Cl2N2O2. The van der Waals surface area contributed by atoms with Crippen molar-refractivity contribution in [1.82, 2.24) is 10.6 Å². The molecule has 0 unspecified atom stereocenters. The average molecular weight is 345 g/mol. The Morgan fingerprint density at radius 1 is 1.23 bits per heavy atom. The minimum absolute atomic E-state index is 0.418. The quantitative estimate of drug-likeness (QED) is 0.601. The van der Waals surface area contributed by atoms with Gasteiger partial charge < -0.3 is 15.4 Å². The van der Waals surface area contributed by atoms with Crippen molar-refractivity contribution in [2.24, 2.45) is 0 Å². The lowest BCUT2D eigenvalue weighted by Gasteiger charge is -2.19. The molecule has 0 atom stereocenters. The second-order valence-corrected chi connectivity index (χ2v) is 6.56. The summed E-state index contributed by atoms with van der Waals surface area (Å²) in [7, 11) is 0. The Kier molecular flexibility index (Phi) is 7.73. The normalized spacial score (nSPS) is 11.7. The van der Waals surface area contributed by atoms with Crippen LogP contribution in [0.25, 0.3) is 0 Å². The molecule has 2 N–H and O–H groups in total. The van der Waals surface area contributed by atoms with Gasteiger partial charge in [-0.3, -0.25) is 0 Å². The van der Waals surface area contributed by atoms with Crippen LogP contribution >= 0.6 is 23.2 Å². The van der Waals surface area contributed by atoms with E-state index in [0.717, 1.165) is 5.56 Å². The maximum atomic E-state index is 11.4. The van der Waals surface area contributed by atoms with Gasteiger partial charge in [0.15, 0.2) is 0 Å². The number of benzene rings is 1. The Balaban J connectivity index is 2.18. The molecule has 0 aliphatic rings. The van der Waals surface area contributed by atoms with Crippen molar-refractivity contribution in [3.05, 3.63) is 46.0 Å². The highest BCUT2D eigenvalue weighted by Gasteiger charge is 2.14. The summed E-state index contributed by atoms with van der Waals surface area (Å²) < 4.78 is 5.12. The molecule has 0 aliphatic heterocycles. The number of carbonyl (C=O) groups is 1. The molecule has 22 heavy (non-hydrogen) atoms. The van der Waals surface area contributed by atoms with Crippen LogP contribution in [0, 0.1) is 0 Å². The zero-order chi connectivity index (χ0) is 16.6. The summed E-state index contributed by atoms with van der Waals surface area (Å²) in [5.74, 6) is 0. The smallest absolute Gasteiger partial charge is 0.407 e. The van der Waals surface area contributed by atoms with Gasteiger partial charge in [-0.2, -0.15) is 0 Å². The standard InChI is InChI=1S/C16H22Cl2N2O2/c1-16(2,3)22-15(21)20-9-5-4-8-19-11-12-6-7-13(17)10-14(12)18/h4-7,10,19H,8-9,11H2,1-3H3,(H,20,21)/b5-4+. The lowest BCUT2D eigenvalue weighted by Crippen LogP contribution is -2.32. The highest BCUT2D eigenvalue weighted by molar-refractivity contribution is 6.35. The van der Waals surface area contributed by atoms with Gasteiger partial charge in [0.2, 0.25) is 0 Å². The largest absolute Gasteiger partial charge is 0.444 e. The fraction of sp³-hybridized carbons (Fsp3) is 0.438. The molecule has 0 spiro atoms. The summed E-state index contributed by atoms with van der Waals surface area (Å²) in [5.41, 5.74) is 0.513. The van der Waals surface area contributed by atoms with E-state index in [9.17, 15) is 4.79 Å². The number of amides is 1. The molecular weight excluding hydrogens is 323 g/mol. The summed E-state index contributed by atoms with van der Waals surface area (Å²) in [5, 5.41) is 7.16. The summed E-state index contributed by atoms with van der Waals surface area (Å²) in [6.07, 6.45) is 3.37. The number of rotatable bonds is 6. The molecule has 1 rings (SSSR count). The first-order valence-corrected chi connectivity index (χ1v) is 7.80. The molecule has 0 aliphatic carbocycles. The van der Waals surface area contributed by atoms with E-state index in [1.165, 1.54) is 0 Å². The zero-order valence-corrected chi connectivity index (χ0v) is 14.6. The van der Waals surface area contributed by atoms with Gasteiger partial charge in [0.05, 0.1) is 0 Å². The first-order chi connectivity index (χ1) is 10.3. The van der Waals surface area contributed by atoms with Crippen LogP contribution in [-0.2, 0) is 11.3 Å². The molecule has 0 radical (unpaired) electrons. The van der Waals surface area contributed by atoms with Gasteiger partial charge in [0.1, 0.15) is 5.60 Å². The Hall–Kier alpha value is -1.23. The van der Waals surface area contributed by atoms with Gasteiger partial charge >= 0.3 is 6.09 Å². The third kappa shape index (κ3) is 8.27. The minimum atomic E-state index is -0.479. The minimum Gasteiger partial charge on any atom is -0.444 e. The number of ether oxygens (including phenoxy) is 1. The summed E-state index contributed by atoms with van der Waals surface area (Å²) in [4.78, 5) is 11.4. The Bertz CT molecular complexity index is 525. The summed E-state index contributed by atoms with van der Waals surface area (Å²) in [6, 6.07) is 5.43. The van der Waals surface area contributed by atoms with Gasteiger partial charge in [0.25, 0.3) is 0 Å². The van der Waals surface area contributed by atoms with E-state index in [2.05, 4.69) is 10.6 Å². The monoisotopic (exact) mass is 344 g/mol. The number of alkyl carbamates (subject to hydrolysis) is 1. The molecule has 0 aromatic heterocycles. The lowest BCUT2D eigenvalue weighted by molar-refractivity contribution is 0.0534. The third-order valence-corrected chi connectivity index (χ3v) is 3.11. The van der Waals surface area contributed by atoms with Crippen LogP contribution in [0.1, 0.15) is 26.3 Å². The van der Waals surface area contributed by atoms with Crippen LogP contribution in [0.15, 0.2) is 30.4 Å². The predicted octanol–water partition coefficient (Wildman–Crippen LogP) is 4.16. The van der Waals surface area contributed by atoms with Crippen LogP contribution in [0.3, 0.4) is 0 Å². The average Bonchev–Trinajstić information content (AvgIpc) is 2.37. The first kappa shape index (κ1) is 18.8. The zero-order valence-electron chi connectivity index (χ0n) is 13.1. The van der Waals surface area contributed by atoms with Gasteiger partial charge in [-0.15, -0.1) is 0 Å². The first-order valence-electron chi connectivity index (χ1n) is 7.04. The number of carbonyl (C=O) groups excluding carboxylic acids is 1. The molecule has 0 saturated heterocycles. The fourth-order valence-corrected chi connectivity index (χ4v) is 2.05. The van der Waals surface area contributed by atoms with Gasteiger partial charge in [-0.05, 0) is 38.5 Å². The van der Waals surface area contributed by atoms with Crippen molar-refractivity contribution in [1.29, 1.82) is 0 Å². The van der Waals surface area contributed by atoms with Crippen molar-refractivity contribution in [2.45, 2.75) is 32.9 Å². The van der Waals surface area contributed by atoms with Crippen molar-refractivity contribution in [3.8, 4) is 0 Å². The van der Waals surface area contributed by atoms with Crippen molar-refractivity contribution in [2.75, 3.05) is 13.1 Å². The van der Waals surface area contributed by atoms with Crippen LogP contribution in [0.2, 0.25) is 10.0 Å². The van der Waals surface area contributed by atoms with Crippen LogP contribution < -0.4 is 10.6 Å². The Labute approximate surface area is 141 Å². The fourth-order valence-electron chi connectivity index (χ4n) is 1.58. The van der Waals surface area contributed by atoms with Crippen LogP contribution in [0.4, 0.5) is 4.79 Å². The highest BCUT2D eigenvalue weighted by atomic mass is 35.5. The van der Waals surface area contributed by atoms with Gasteiger partial charge in [0, 0.05) is 29.7 Å². The number of hydrogen-bond acceptors (Lipinski definition) is 3. The van der Waals surface area contributed by atoms with E-state index in [1.54, 1.807) is 6.07 Å². The van der Waals surface area contributed by atoms with E-state index >= 15 is 0 Å². The maximum absolute atomic E-state index is 11.4. The third-order valence-electron chi connectivity index (χ3n) is 2.52. The van der Waals surface area contributed by atoms with Crippen molar-refractivity contribution >= 4 is 29.3 Å². The Morgan fingerprint density at radius 2 is 1.91 bits per heavy atom. The molecule has 1 aromatic carbocycles. The van der Waals surface area contributed by atoms with E-state index < -0.39 is 11.7 Å². The lowest BCUT2D eigenvalue weighted by atomic mass is 10.2. The van der Waals surface area contributed by atoms with Crippen molar-refractivity contribution < 1.29 is 9.53 Å². The molecule has 0 saturated carbocycles. The van der Waals surface area contributed by atoms with E-state index in [0.29, 0.717) is 29.7 Å². The van der Waals surface area contributed by atoms with E-state index in [4.69, 9.17) is 27.9 Å². The molecule has 6 heteroatoms. The second-order valence-electron chi connectivity index (χ2n) is 5.72. The summed E-state index contributed by atoms with van der Waals surface area (Å²) >= 11 is 11.9. The van der Waals surface area contributed by atoms with Gasteiger partial charge in [-0.25, -0.2) is 4.79 Å². The number of halogens is 2. The number of nitrogens with one attached hydrogen (secondary N) is 2.